The lowest BCUT2D eigenvalue weighted by Crippen LogP contribution is -2.15. The molecule has 3 aromatic heterocycles. The van der Waals surface area contributed by atoms with Gasteiger partial charge in [-0.1, -0.05) is 11.6 Å². The fourth-order valence-corrected chi connectivity index (χ4v) is 3.68. The summed E-state index contributed by atoms with van der Waals surface area (Å²) in [5, 5.41) is 4.82. The first kappa shape index (κ1) is 17.1. The van der Waals surface area contributed by atoms with Gasteiger partial charge >= 0.3 is 0 Å². The van der Waals surface area contributed by atoms with Gasteiger partial charge in [0.1, 0.15) is 12.0 Å². The number of carbonyl (C=O) groups is 1. The maximum Gasteiger partial charge on any atom is 0.231 e. The Kier molecular flexibility index (Phi) is 3.80. The van der Waals surface area contributed by atoms with E-state index in [-0.39, 0.29) is 12.3 Å². The number of amides is 1. The lowest BCUT2D eigenvalue weighted by atomic mass is 9.99. The first-order valence-electron chi connectivity index (χ1n) is 8.84. The highest BCUT2D eigenvalue weighted by Crippen LogP contribution is 2.36. The summed E-state index contributed by atoms with van der Waals surface area (Å²) in [4.78, 5) is 27.9. The molecule has 8 heteroatoms. The minimum atomic E-state index is -1.05. The van der Waals surface area contributed by atoms with Crippen LogP contribution in [0.1, 0.15) is 12.0 Å². The van der Waals surface area contributed by atoms with Gasteiger partial charge in [0.15, 0.2) is 5.65 Å². The van der Waals surface area contributed by atoms with E-state index in [9.17, 15) is 9.18 Å². The van der Waals surface area contributed by atoms with Crippen LogP contribution < -0.4 is 5.32 Å². The van der Waals surface area contributed by atoms with E-state index < -0.39 is 12.1 Å². The molecule has 1 amide bonds. The Morgan fingerprint density at radius 2 is 2.07 bits per heavy atom. The smallest absolute Gasteiger partial charge is 0.231 e. The van der Waals surface area contributed by atoms with Crippen LogP contribution in [0.25, 0.3) is 33.1 Å². The Balaban J connectivity index is 1.57. The number of pyridine rings is 2. The van der Waals surface area contributed by atoms with Crippen LogP contribution in [-0.4, -0.2) is 32.0 Å². The van der Waals surface area contributed by atoms with Crippen LogP contribution >= 0.6 is 11.6 Å². The number of aryl methyl sites for hydroxylation is 1. The molecule has 1 aromatic carbocycles. The molecule has 140 valence electrons. The number of imidazole rings is 1. The number of fused-ring (bicyclic) bond motifs is 2. The van der Waals surface area contributed by atoms with Crippen LogP contribution in [0.3, 0.4) is 0 Å². The van der Waals surface area contributed by atoms with Gasteiger partial charge in [-0.25, -0.2) is 19.3 Å². The normalized spacial score (nSPS) is 18.5. The largest absolute Gasteiger partial charge is 0.343 e. The molecule has 3 heterocycles. The topological polar surface area (TPSA) is 83.6 Å². The maximum absolute atomic E-state index is 13.1. The molecule has 2 N–H and O–H groups in total. The number of anilines is 1. The number of benzene rings is 1. The Hall–Kier alpha value is -3.06. The monoisotopic (exact) mass is 395 g/mol. The predicted molar refractivity (Wildman–Crippen MR) is 106 cm³/mol. The van der Waals surface area contributed by atoms with Gasteiger partial charge in [-0.05, 0) is 48.1 Å². The Bertz CT molecular complexity index is 1250. The molecule has 28 heavy (non-hydrogen) atoms. The molecule has 0 spiro atoms. The summed E-state index contributed by atoms with van der Waals surface area (Å²) in [6.07, 6.45) is 4.23. The van der Waals surface area contributed by atoms with E-state index in [1.165, 1.54) is 0 Å². The number of H-pyrrole nitrogens is 1. The molecular formula is C20H15ClFN5O. The summed E-state index contributed by atoms with van der Waals surface area (Å²) in [7, 11) is 0. The third-order valence-corrected chi connectivity index (χ3v) is 5.43. The number of nitrogens with zero attached hydrogens (tertiary/aromatic N) is 3. The molecule has 2 atom stereocenters. The molecule has 1 aliphatic carbocycles. The molecule has 1 fully saturated rings. The zero-order valence-corrected chi connectivity index (χ0v) is 15.6. The van der Waals surface area contributed by atoms with E-state index in [0.29, 0.717) is 16.5 Å². The molecule has 6 nitrogen and oxygen atoms in total. The SMILES string of the molecule is Cc1c(-c2cc(Cl)c3cnc(NC(=O)[C@@H]4C[C@@H]4F)cc3c2)cnc2nc[nH]c12. The molecule has 0 aliphatic heterocycles. The van der Waals surface area contributed by atoms with Crippen LogP contribution in [-0.2, 0) is 4.79 Å². The first-order valence-corrected chi connectivity index (χ1v) is 9.22. The van der Waals surface area contributed by atoms with E-state index in [1.807, 2.05) is 19.1 Å². The van der Waals surface area contributed by atoms with E-state index >= 15 is 0 Å². The zero-order chi connectivity index (χ0) is 19.4. The van der Waals surface area contributed by atoms with Crippen molar-refractivity contribution < 1.29 is 9.18 Å². The van der Waals surface area contributed by atoms with E-state index in [0.717, 1.165) is 33.0 Å². The number of hydrogen-bond acceptors (Lipinski definition) is 4. The van der Waals surface area contributed by atoms with Crippen molar-refractivity contribution >= 4 is 45.3 Å². The van der Waals surface area contributed by atoms with Gasteiger partial charge in [0.2, 0.25) is 5.91 Å². The minimum absolute atomic E-state index is 0.276. The third-order valence-electron chi connectivity index (χ3n) is 5.11. The number of rotatable bonds is 3. The summed E-state index contributed by atoms with van der Waals surface area (Å²) < 4.78 is 13.1. The highest BCUT2D eigenvalue weighted by molar-refractivity contribution is 6.36. The molecule has 0 saturated heterocycles. The fraction of sp³-hybridized carbons (Fsp3) is 0.200. The second-order valence-corrected chi connectivity index (χ2v) is 7.40. The van der Waals surface area contributed by atoms with Gasteiger partial charge in [0.05, 0.1) is 22.8 Å². The highest BCUT2D eigenvalue weighted by Gasteiger charge is 2.43. The van der Waals surface area contributed by atoms with E-state index in [4.69, 9.17) is 11.6 Å². The van der Waals surface area contributed by atoms with Crippen LogP contribution in [0.5, 0.6) is 0 Å². The zero-order valence-electron chi connectivity index (χ0n) is 14.8. The van der Waals surface area contributed by atoms with Crippen LogP contribution in [0.15, 0.2) is 36.9 Å². The standard InChI is InChI=1S/C20H15ClFN5O/c1-9-13(6-24-19-18(9)25-8-26-19)10-2-11-4-17(23-7-14(11)15(21)3-10)27-20(28)12-5-16(12)22/h2-4,6-8,12,16H,5H2,1H3,(H,23,27,28)(H,24,25,26)/t12-,16+/m1/s1. The second kappa shape index (κ2) is 6.24. The van der Waals surface area contributed by atoms with Crippen molar-refractivity contribution in [3.8, 4) is 11.1 Å². The van der Waals surface area contributed by atoms with Gasteiger partial charge in [0, 0.05) is 23.3 Å². The van der Waals surface area contributed by atoms with Gasteiger partial charge in [-0.3, -0.25) is 4.79 Å². The molecule has 0 radical (unpaired) electrons. The molecule has 4 aromatic rings. The summed E-state index contributed by atoms with van der Waals surface area (Å²) in [6, 6.07) is 5.59. The van der Waals surface area contributed by atoms with Crippen molar-refractivity contribution in [3.63, 3.8) is 0 Å². The quantitative estimate of drug-likeness (QED) is 0.537. The molecule has 0 unspecified atom stereocenters. The van der Waals surface area contributed by atoms with Crippen molar-refractivity contribution in [2.24, 2.45) is 5.92 Å². The number of alkyl halides is 1. The second-order valence-electron chi connectivity index (χ2n) is 6.99. The third kappa shape index (κ3) is 2.79. The average Bonchev–Trinajstić information content (AvgIpc) is 3.21. The maximum atomic E-state index is 13.1. The van der Waals surface area contributed by atoms with Crippen molar-refractivity contribution in [1.29, 1.82) is 0 Å². The lowest BCUT2D eigenvalue weighted by Gasteiger charge is -2.10. The van der Waals surface area contributed by atoms with Gasteiger partial charge in [-0.2, -0.15) is 0 Å². The molecule has 1 saturated carbocycles. The molecule has 0 bridgehead atoms. The Morgan fingerprint density at radius 3 is 2.86 bits per heavy atom. The molecular weight excluding hydrogens is 381 g/mol. The van der Waals surface area contributed by atoms with E-state index in [2.05, 4.69) is 25.3 Å². The van der Waals surface area contributed by atoms with Crippen LogP contribution in [0.2, 0.25) is 5.02 Å². The number of halogens is 2. The molecule has 5 rings (SSSR count). The van der Waals surface area contributed by atoms with Gasteiger partial charge in [-0.15, -0.1) is 0 Å². The Labute approximate surface area is 164 Å². The van der Waals surface area contributed by atoms with Gasteiger partial charge in [0.25, 0.3) is 0 Å². The van der Waals surface area contributed by atoms with Crippen molar-refractivity contribution in [3.05, 3.63) is 47.5 Å². The first-order chi connectivity index (χ1) is 13.5. The number of hydrogen-bond donors (Lipinski definition) is 2. The number of carbonyl (C=O) groups excluding carboxylic acids is 1. The number of aromatic nitrogens is 4. The van der Waals surface area contributed by atoms with Crippen LogP contribution in [0.4, 0.5) is 10.2 Å². The van der Waals surface area contributed by atoms with Crippen LogP contribution in [0, 0.1) is 12.8 Å². The average molecular weight is 396 g/mol. The lowest BCUT2D eigenvalue weighted by molar-refractivity contribution is -0.117. The highest BCUT2D eigenvalue weighted by atomic mass is 35.5. The number of aromatic amines is 1. The summed E-state index contributed by atoms with van der Waals surface area (Å²) in [5.74, 6) is -0.530. The number of nitrogens with one attached hydrogen (secondary N) is 2. The summed E-state index contributed by atoms with van der Waals surface area (Å²) >= 11 is 6.48. The van der Waals surface area contributed by atoms with Crippen molar-refractivity contribution in [1.82, 2.24) is 19.9 Å². The Morgan fingerprint density at radius 1 is 1.25 bits per heavy atom. The summed E-state index contributed by atoms with van der Waals surface area (Å²) in [6.45, 7) is 2.00. The van der Waals surface area contributed by atoms with Crippen molar-refractivity contribution in [2.45, 2.75) is 19.5 Å². The summed E-state index contributed by atoms with van der Waals surface area (Å²) in [5.41, 5.74) is 4.38. The predicted octanol–water partition coefficient (Wildman–Crippen LogP) is 4.43. The van der Waals surface area contributed by atoms with Gasteiger partial charge < -0.3 is 10.3 Å². The van der Waals surface area contributed by atoms with E-state index in [1.54, 1.807) is 24.8 Å². The fourth-order valence-electron chi connectivity index (χ4n) is 3.40. The molecule has 1 aliphatic rings. The minimum Gasteiger partial charge on any atom is -0.343 e. The van der Waals surface area contributed by atoms with Crippen molar-refractivity contribution in [2.75, 3.05) is 5.32 Å².